The van der Waals surface area contributed by atoms with E-state index in [2.05, 4.69) is 51.7 Å². The van der Waals surface area contributed by atoms with E-state index in [1.807, 2.05) is 12.1 Å². The fraction of sp³-hybridized carbons (Fsp3) is 0.471. The molecule has 1 aromatic carbocycles. The number of amides is 1. The van der Waals surface area contributed by atoms with E-state index in [4.69, 9.17) is 0 Å². The summed E-state index contributed by atoms with van der Waals surface area (Å²) >= 11 is 3.50. The van der Waals surface area contributed by atoms with Crippen LogP contribution in [0.1, 0.15) is 28.9 Å². The van der Waals surface area contributed by atoms with Crippen LogP contribution in [0.5, 0.6) is 0 Å². The molecule has 0 radical (unpaired) electrons. The summed E-state index contributed by atoms with van der Waals surface area (Å²) < 4.78 is 1.03. The van der Waals surface area contributed by atoms with Crippen molar-refractivity contribution >= 4 is 42.8 Å². The van der Waals surface area contributed by atoms with Gasteiger partial charge in [-0.25, -0.2) is 10.0 Å². The van der Waals surface area contributed by atoms with Crippen molar-refractivity contribution < 1.29 is 4.79 Å². The molecule has 0 aliphatic carbocycles. The van der Waals surface area contributed by atoms with E-state index in [1.54, 1.807) is 0 Å². The van der Waals surface area contributed by atoms with Crippen molar-refractivity contribution in [3.63, 3.8) is 0 Å². The Morgan fingerprint density at radius 2 is 1.95 bits per heavy atom. The third kappa shape index (κ3) is 3.35. The number of H-pyrrole nitrogens is 1. The van der Waals surface area contributed by atoms with Crippen LogP contribution in [0, 0.1) is 6.92 Å². The number of halogens is 1. The van der Waals surface area contributed by atoms with Crippen LogP contribution in [-0.4, -0.2) is 41.0 Å². The first-order chi connectivity index (χ1) is 10.3. The number of aromatic amines is 1. The first kappa shape index (κ1) is 15.9. The molecule has 2 heterocycles. The lowest BCUT2D eigenvalue weighted by Gasteiger charge is -2.39. The molecule has 3 rings (SSSR count). The summed E-state index contributed by atoms with van der Waals surface area (Å²) in [7, 11) is -0.411. The molecule has 2 aromatic rings. The van der Waals surface area contributed by atoms with Crippen molar-refractivity contribution in [1.82, 2.24) is 10.3 Å². The maximum Gasteiger partial charge on any atom is 0.267 e. The molecule has 0 atom stereocenters. The third-order valence-corrected chi connectivity index (χ3v) is 7.67. The maximum absolute atomic E-state index is 12.5. The van der Waals surface area contributed by atoms with Crippen molar-refractivity contribution in [2.75, 3.05) is 24.0 Å². The normalized spacial score (nSPS) is 20.0. The number of hydrogen-bond acceptors (Lipinski definition) is 1. The van der Waals surface area contributed by atoms with Crippen molar-refractivity contribution in [3.05, 3.63) is 33.9 Å². The van der Waals surface area contributed by atoms with Gasteiger partial charge in [0, 0.05) is 21.4 Å². The smallest absolute Gasteiger partial charge is 0.267 e. The molecule has 5 heteroatoms. The van der Waals surface area contributed by atoms with Gasteiger partial charge in [-0.2, -0.15) is 0 Å². The Hall–Kier alpha value is -0.940. The number of nitrogens with one attached hydrogen (secondary N) is 2. The van der Waals surface area contributed by atoms with Gasteiger partial charge in [-0.15, -0.1) is 0 Å². The molecule has 1 aliphatic heterocycles. The van der Waals surface area contributed by atoms with Crippen LogP contribution < -0.4 is 5.32 Å². The average Bonchev–Trinajstić information content (AvgIpc) is 2.85. The summed E-state index contributed by atoms with van der Waals surface area (Å²) in [4.78, 5) is 15.7. The van der Waals surface area contributed by atoms with E-state index in [0.717, 1.165) is 28.2 Å². The molecule has 1 saturated heterocycles. The second kappa shape index (κ2) is 5.93. The molecule has 0 saturated carbocycles. The van der Waals surface area contributed by atoms with Gasteiger partial charge in [0.1, 0.15) is 5.69 Å². The molecule has 0 spiro atoms. The SMILES string of the molecule is Cc1cc(Br)cc2[nH]c(C(=O)NC3CCS(C)(C)CC3)cc12. The highest BCUT2D eigenvalue weighted by Gasteiger charge is 2.25. The van der Waals surface area contributed by atoms with Gasteiger partial charge in [0.2, 0.25) is 0 Å². The Balaban J connectivity index is 1.74. The average molecular weight is 383 g/mol. The Morgan fingerprint density at radius 3 is 2.64 bits per heavy atom. The summed E-state index contributed by atoms with van der Waals surface area (Å²) in [6.07, 6.45) is 7.00. The predicted molar refractivity (Wildman–Crippen MR) is 100 cm³/mol. The Kier molecular flexibility index (Phi) is 4.29. The molecule has 0 bridgehead atoms. The van der Waals surface area contributed by atoms with Crippen molar-refractivity contribution in [1.29, 1.82) is 0 Å². The van der Waals surface area contributed by atoms with Crippen molar-refractivity contribution in [3.8, 4) is 0 Å². The fourth-order valence-electron chi connectivity index (χ4n) is 3.07. The van der Waals surface area contributed by atoms with E-state index in [1.165, 1.54) is 17.1 Å². The number of benzene rings is 1. The number of aryl methyl sites for hydroxylation is 1. The number of fused-ring (bicyclic) bond motifs is 1. The maximum atomic E-state index is 12.5. The van der Waals surface area contributed by atoms with E-state index in [-0.39, 0.29) is 5.91 Å². The zero-order valence-electron chi connectivity index (χ0n) is 13.3. The summed E-state index contributed by atoms with van der Waals surface area (Å²) in [5.41, 5.74) is 2.84. The largest absolute Gasteiger partial charge is 0.350 e. The van der Waals surface area contributed by atoms with E-state index in [9.17, 15) is 4.79 Å². The zero-order chi connectivity index (χ0) is 15.9. The molecule has 22 heavy (non-hydrogen) atoms. The predicted octanol–water partition coefficient (Wildman–Crippen LogP) is 4.20. The van der Waals surface area contributed by atoms with Gasteiger partial charge < -0.3 is 10.3 Å². The standard InChI is InChI=1S/C17H23BrN2OS/c1-11-8-12(18)9-15-14(11)10-16(20-15)17(21)19-13-4-6-22(2,3)7-5-13/h8-10,13,20H,4-7H2,1-3H3,(H,19,21). The van der Waals surface area contributed by atoms with E-state index < -0.39 is 10.0 Å². The Morgan fingerprint density at radius 1 is 1.27 bits per heavy atom. The molecule has 0 unspecified atom stereocenters. The zero-order valence-corrected chi connectivity index (χ0v) is 15.7. The van der Waals surface area contributed by atoms with Crippen LogP contribution in [0.2, 0.25) is 0 Å². The van der Waals surface area contributed by atoms with Gasteiger partial charge in [-0.3, -0.25) is 4.79 Å². The van der Waals surface area contributed by atoms with Gasteiger partial charge >= 0.3 is 0 Å². The minimum absolute atomic E-state index is 0.0198. The van der Waals surface area contributed by atoms with Crippen molar-refractivity contribution in [2.45, 2.75) is 25.8 Å². The fourth-order valence-corrected chi connectivity index (χ4v) is 5.70. The highest BCUT2D eigenvalue weighted by molar-refractivity contribution is 9.10. The number of hydrogen-bond donors (Lipinski definition) is 2. The van der Waals surface area contributed by atoms with Crippen molar-refractivity contribution in [2.24, 2.45) is 0 Å². The monoisotopic (exact) mass is 382 g/mol. The Labute approximate surface area is 141 Å². The first-order valence-electron chi connectivity index (χ1n) is 7.62. The molecule has 1 fully saturated rings. The van der Waals surface area contributed by atoms with Gasteiger partial charge in [0.25, 0.3) is 5.91 Å². The highest BCUT2D eigenvalue weighted by atomic mass is 79.9. The van der Waals surface area contributed by atoms with Gasteiger partial charge in [0.05, 0.1) is 0 Å². The number of carbonyl (C=O) groups is 1. The van der Waals surface area contributed by atoms with Crippen LogP contribution in [0.25, 0.3) is 10.9 Å². The van der Waals surface area contributed by atoms with Gasteiger partial charge in [0.15, 0.2) is 0 Å². The molecular formula is C17H23BrN2OS. The summed E-state index contributed by atoms with van der Waals surface area (Å²) in [6.45, 7) is 2.06. The molecule has 120 valence electrons. The lowest BCUT2D eigenvalue weighted by atomic mass is 10.1. The first-order valence-corrected chi connectivity index (χ1v) is 11.2. The number of rotatable bonds is 2. The second-order valence-electron chi connectivity index (χ2n) is 6.79. The van der Waals surface area contributed by atoms with Gasteiger partial charge in [-0.1, -0.05) is 15.9 Å². The number of aromatic nitrogens is 1. The van der Waals surface area contributed by atoms with E-state index in [0.29, 0.717) is 11.7 Å². The molecule has 1 amide bonds. The summed E-state index contributed by atoms with van der Waals surface area (Å²) in [5.74, 6) is 2.54. The minimum atomic E-state index is -0.411. The quantitative estimate of drug-likeness (QED) is 0.802. The summed E-state index contributed by atoms with van der Waals surface area (Å²) in [6, 6.07) is 6.38. The molecular weight excluding hydrogens is 360 g/mol. The number of carbonyl (C=O) groups excluding carboxylic acids is 1. The molecule has 3 nitrogen and oxygen atoms in total. The third-order valence-electron chi connectivity index (χ3n) is 4.53. The second-order valence-corrected chi connectivity index (χ2v) is 12.1. The van der Waals surface area contributed by atoms with Crippen LogP contribution in [0.4, 0.5) is 0 Å². The van der Waals surface area contributed by atoms with Crippen LogP contribution in [0.15, 0.2) is 22.7 Å². The lowest BCUT2D eigenvalue weighted by molar-refractivity contribution is 0.0930. The summed E-state index contributed by atoms with van der Waals surface area (Å²) in [5, 5.41) is 4.31. The van der Waals surface area contributed by atoms with Crippen LogP contribution >= 0.6 is 26.0 Å². The molecule has 1 aliphatic rings. The van der Waals surface area contributed by atoms with Crippen LogP contribution in [-0.2, 0) is 0 Å². The topological polar surface area (TPSA) is 44.9 Å². The van der Waals surface area contributed by atoms with Gasteiger partial charge in [-0.05, 0) is 67.5 Å². The Bertz CT molecular complexity index is 713. The minimum Gasteiger partial charge on any atom is -0.350 e. The highest BCUT2D eigenvalue weighted by Crippen LogP contribution is 2.44. The molecule has 1 aromatic heterocycles. The van der Waals surface area contributed by atoms with Crippen LogP contribution in [0.3, 0.4) is 0 Å². The van der Waals surface area contributed by atoms with E-state index >= 15 is 0 Å². The lowest BCUT2D eigenvalue weighted by Crippen LogP contribution is -2.39. The molecule has 2 N–H and O–H groups in total.